The summed E-state index contributed by atoms with van der Waals surface area (Å²) in [6.07, 6.45) is 5.02. The zero-order chi connectivity index (χ0) is 37.0. The Balaban J connectivity index is 1.05. The summed E-state index contributed by atoms with van der Waals surface area (Å²) in [6, 6.07) is 25.5. The third-order valence-electron chi connectivity index (χ3n) is 11.0. The summed E-state index contributed by atoms with van der Waals surface area (Å²) in [4.78, 5) is 41.8. The molecule has 5 aromatic rings. The lowest BCUT2D eigenvalue weighted by Gasteiger charge is -2.36. The molecule has 2 aliphatic rings. The van der Waals surface area contributed by atoms with Crippen LogP contribution >= 0.6 is 0 Å². The van der Waals surface area contributed by atoms with Crippen molar-refractivity contribution in [2.24, 2.45) is 5.92 Å². The van der Waals surface area contributed by atoms with Gasteiger partial charge in [-0.3, -0.25) is 14.6 Å². The molecule has 2 saturated heterocycles. The van der Waals surface area contributed by atoms with E-state index in [1.807, 2.05) is 64.1 Å². The van der Waals surface area contributed by atoms with Crippen molar-refractivity contribution >= 4 is 22.7 Å². The lowest BCUT2D eigenvalue weighted by atomic mass is 9.76. The Morgan fingerprint density at radius 3 is 2.21 bits per heavy atom. The van der Waals surface area contributed by atoms with Crippen molar-refractivity contribution in [2.75, 3.05) is 61.2 Å². The van der Waals surface area contributed by atoms with Gasteiger partial charge in [0, 0.05) is 36.2 Å². The molecule has 2 aromatic heterocycles. The second-order valence-electron chi connectivity index (χ2n) is 14.0. The number of pyridine rings is 1. The van der Waals surface area contributed by atoms with Crippen LogP contribution in [0.3, 0.4) is 0 Å². The number of para-hydroxylation sites is 2. The quantitative estimate of drug-likeness (QED) is 0.130. The predicted octanol–water partition coefficient (Wildman–Crippen LogP) is 6.28. The summed E-state index contributed by atoms with van der Waals surface area (Å²) >= 11 is 0. The first-order chi connectivity index (χ1) is 25.9. The average Bonchev–Trinajstić information content (AvgIpc) is 3.82. The summed E-state index contributed by atoms with van der Waals surface area (Å²) < 4.78 is 24.1. The molecule has 0 N–H and O–H groups in total. The van der Waals surface area contributed by atoms with Gasteiger partial charge in [-0.15, -0.1) is 0 Å². The molecule has 0 spiro atoms. The summed E-state index contributed by atoms with van der Waals surface area (Å²) in [7, 11) is 6.32. The maximum atomic E-state index is 14.1. The predicted molar refractivity (Wildman–Crippen MR) is 202 cm³/mol. The number of nitrogens with zero attached hydrogens (tertiary/aromatic N) is 5. The molecule has 1 atom stereocenters. The fourth-order valence-corrected chi connectivity index (χ4v) is 8.01. The molecular formula is C42H47N5O6. The highest BCUT2D eigenvalue weighted by Gasteiger charge is 2.42. The SMILES string of the molecule is COc1ccc(C2(CCN3CCC(C(=O)c4nc5ccccc5n4Cc4ccccn4)CC3)CCN(C(=O)c3cc(OC)c(OC)c(OC)c3)C2)cc1. The number of piperidine rings is 1. The van der Waals surface area contributed by atoms with Crippen LogP contribution in [0.1, 0.15) is 57.9 Å². The van der Waals surface area contributed by atoms with E-state index < -0.39 is 0 Å². The van der Waals surface area contributed by atoms with Crippen molar-refractivity contribution in [3.05, 3.63) is 108 Å². The molecule has 1 unspecified atom stereocenters. The monoisotopic (exact) mass is 717 g/mol. The summed E-state index contributed by atoms with van der Waals surface area (Å²) in [6.45, 7) is 4.20. The molecule has 53 heavy (non-hydrogen) atoms. The number of ether oxygens (including phenoxy) is 4. The van der Waals surface area contributed by atoms with E-state index >= 15 is 0 Å². The number of amides is 1. The third-order valence-corrected chi connectivity index (χ3v) is 11.0. The second kappa shape index (κ2) is 15.7. The number of Topliss-reactive ketones (excluding diaryl/α,β-unsaturated/α-hetero) is 1. The molecule has 2 fully saturated rings. The van der Waals surface area contributed by atoms with Crippen molar-refractivity contribution in [3.63, 3.8) is 0 Å². The van der Waals surface area contributed by atoms with E-state index in [0.717, 1.165) is 67.8 Å². The van der Waals surface area contributed by atoms with Gasteiger partial charge >= 0.3 is 0 Å². The van der Waals surface area contributed by atoms with E-state index in [4.69, 9.17) is 23.9 Å². The van der Waals surface area contributed by atoms with Gasteiger partial charge in [0.25, 0.3) is 5.91 Å². The van der Waals surface area contributed by atoms with Crippen LogP contribution in [-0.2, 0) is 12.0 Å². The molecular weight excluding hydrogens is 670 g/mol. The van der Waals surface area contributed by atoms with Crippen LogP contribution < -0.4 is 18.9 Å². The molecule has 3 aromatic carbocycles. The Labute approximate surface area is 310 Å². The van der Waals surface area contributed by atoms with E-state index in [1.54, 1.807) is 46.8 Å². The number of fused-ring (bicyclic) bond motifs is 1. The van der Waals surface area contributed by atoms with E-state index in [-0.39, 0.29) is 23.0 Å². The normalized spacial score (nSPS) is 17.9. The molecule has 0 bridgehead atoms. The third kappa shape index (κ3) is 7.30. The lowest BCUT2D eigenvalue weighted by molar-refractivity contribution is 0.0777. The summed E-state index contributed by atoms with van der Waals surface area (Å²) in [5.41, 5.74) is 4.09. The first-order valence-corrected chi connectivity index (χ1v) is 18.2. The molecule has 4 heterocycles. The van der Waals surface area contributed by atoms with Gasteiger partial charge in [-0.05, 0) is 99.4 Å². The van der Waals surface area contributed by atoms with Crippen LogP contribution in [0.5, 0.6) is 23.0 Å². The Hall–Kier alpha value is -5.42. The molecule has 0 radical (unpaired) electrons. The van der Waals surface area contributed by atoms with Crippen LogP contribution in [0.25, 0.3) is 11.0 Å². The Kier molecular flexibility index (Phi) is 10.6. The topological polar surface area (TPSA) is 108 Å². The van der Waals surface area contributed by atoms with Crippen LogP contribution in [0.4, 0.5) is 0 Å². The largest absolute Gasteiger partial charge is 0.497 e. The van der Waals surface area contributed by atoms with Crippen molar-refractivity contribution in [1.82, 2.24) is 24.3 Å². The minimum absolute atomic E-state index is 0.0759. The number of rotatable bonds is 13. The van der Waals surface area contributed by atoms with Gasteiger partial charge < -0.3 is 33.3 Å². The number of aromatic nitrogens is 3. The van der Waals surface area contributed by atoms with Crippen molar-refractivity contribution < 1.29 is 28.5 Å². The number of hydrogen-bond donors (Lipinski definition) is 0. The number of ketones is 1. The van der Waals surface area contributed by atoms with Crippen LogP contribution in [0, 0.1) is 5.92 Å². The molecule has 2 aliphatic heterocycles. The van der Waals surface area contributed by atoms with Crippen LogP contribution in [-0.4, -0.2) is 97.2 Å². The Bertz CT molecular complexity index is 2030. The maximum Gasteiger partial charge on any atom is 0.254 e. The number of hydrogen-bond acceptors (Lipinski definition) is 9. The van der Waals surface area contributed by atoms with Crippen molar-refractivity contribution in [1.29, 1.82) is 0 Å². The molecule has 11 heteroatoms. The number of carbonyl (C=O) groups excluding carboxylic acids is 2. The number of likely N-dealkylation sites (tertiary alicyclic amines) is 2. The zero-order valence-corrected chi connectivity index (χ0v) is 30.9. The zero-order valence-electron chi connectivity index (χ0n) is 30.9. The summed E-state index contributed by atoms with van der Waals surface area (Å²) in [5.74, 6) is 2.58. The first-order valence-electron chi connectivity index (χ1n) is 18.2. The highest BCUT2D eigenvalue weighted by atomic mass is 16.5. The number of carbonyl (C=O) groups is 2. The number of methoxy groups -OCH3 is 4. The number of imidazole rings is 1. The second-order valence-corrected chi connectivity index (χ2v) is 14.0. The maximum absolute atomic E-state index is 14.1. The summed E-state index contributed by atoms with van der Waals surface area (Å²) in [5, 5.41) is 0. The van der Waals surface area contributed by atoms with Crippen molar-refractivity contribution in [3.8, 4) is 23.0 Å². The lowest BCUT2D eigenvalue weighted by Crippen LogP contribution is -2.41. The fraction of sp³-hybridized carbons (Fsp3) is 0.381. The molecule has 0 saturated carbocycles. The van der Waals surface area contributed by atoms with Gasteiger partial charge in [0.2, 0.25) is 11.5 Å². The van der Waals surface area contributed by atoms with Gasteiger partial charge in [-0.1, -0.05) is 30.3 Å². The molecule has 0 aliphatic carbocycles. The minimum Gasteiger partial charge on any atom is -0.497 e. The fourth-order valence-electron chi connectivity index (χ4n) is 8.01. The smallest absolute Gasteiger partial charge is 0.254 e. The molecule has 276 valence electrons. The Morgan fingerprint density at radius 1 is 0.830 bits per heavy atom. The first kappa shape index (κ1) is 36.0. The van der Waals surface area contributed by atoms with Gasteiger partial charge in [0.15, 0.2) is 17.3 Å². The highest BCUT2D eigenvalue weighted by Crippen LogP contribution is 2.42. The van der Waals surface area contributed by atoms with Gasteiger partial charge in [0.1, 0.15) is 5.75 Å². The van der Waals surface area contributed by atoms with Gasteiger partial charge in [0.05, 0.1) is 51.7 Å². The van der Waals surface area contributed by atoms with Crippen LogP contribution in [0.2, 0.25) is 0 Å². The van der Waals surface area contributed by atoms with Gasteiger partial charge in [-0.2, -0.15) is 0 Å². The molecule has 11 nitrogen and oxygen atoms in total. The van der Waals surface area contributed by atoms with E-state index in [1.165, 1.54) is 5.56 Å². The van der Waals surface area contributed by atoms with E-state index in [0.29, 0.717) is 48.3 Å². The van der Waals surface area contributed by atoms with Crippen LogP contribution in [0.15, 0.2) is 85.1 Å². The number of benzene rings is 3. The Morgan fingerprint density at radius 2 is 1.55 bits per heavy atom. The molecule has 7 rings (SSSR count). The average molecular weight is 718 g/mol. The van der Waals surface area contributed by atoms with Crippen molar-refractivity contribution in [2.45, 2.75) is 37.6 Å². The van der Waals surface area contributed by atoms with E-state index in [2.05, 4.69) is 22.0 Å². The molecule has 1 amide bonds. The standard InChI is InChI=1S/C42H47N5O6/c1-50-33-14-12-31(13-15-33)42(19-24-46(28-42)41(49)30-25-36(51-2)39(53-4)37(26-30)52-3)18-23-45-21-16-29(17-22-45)38(48)40-44-34-10-5-6-11-35(34)47(40)27-32-9-7-8-20-43-32/h5-15,20,25-26,29H,16-19,21-24,27-28H2,1-4H3. The van der Waals surface area contributed by atoms with E-state index in [9.17, 15) is 9.59 Å². The van der Waals surface area contributed by atoms with Gasteiger partial charge in [-0.25, -0.2) is 4.98 Å². The minimum atomic E-state index is -0.244. The highest BCUT2D eigenvalue weighted by molar-refractivity contribution is 5.98.